The van der Waals surface area contributed by atoms with Crippen molar-refractivity contribution in [1.29, 1.82) is 0 Å². The minimum absolute atomic E-state index is 0.0344. The fourth-order valence-corrected chi connectivity index (χ4v) is 4.78. The third-order valence-electron chi connectivity index (χ3n) is 5.04. The molecule has 1 aliphatic carbocycles. The van der Waals surface area contributed by atoms with Gasteiger partial charge in [0.05, 0.1) is 11.2 Å². The minimum Gasteiger partial charge on any atom is -0.367 e. The Balaban J connectivity index is 2.08. The first-order chi connectivity index (χ1) is 9.76. The van der Waals surface area contributed by atoms with Gasteiger partial charge in [-0.1, -0.05) is 25.7 Å². The average molecular weight is 296 g/mol. The molecule has 0 aromatic heterocycles. The Kier molecular flexibility index (Phi) is 5.38. The second-order valence-corrected chi connectivity index (χ2v) is 8.71. The van der Waals surface area contributed by atoms with Gasteiger partial charge in [-0.3, -0.25) is 4.90 Å². The van der Waals surface area contributed by atoms with Crippen LogP contribution < -0.4 is 5.32 Å². The van der Waals surface area contributed by atoms with Crippen LogP contribution in [-0.2, 0) is 4.74 Å². The van der Waals surface area contributed by atoms with Gasteiger partial charge in [0, 0.05) is 26.2 Å². The number of hydrogen-bond acceptors (Lipinski definition) is 3. The molecule has 1 N–H and O–H groups in total. The standard InChI is InChI=1S/C18H36N2O/c1-16(2)13-20(14-17(3,4)21-16)15-18(12-19-5)10-8-6-7-9-11-18/h19H,6-15H2,1-5H3. The molecule has 3 nitrogen and oxygen atoms in total. The van der Waals surface area contributed by atoms with Gasteiger partial charge in [0.2, 0.25) is 0 Å². The Labute approximate surface area is 131 Å². The van der Waals surface area contributed by atoms with Gasteiger partial charge in [0.1, 0.15) is 0 Å². The van der Waals surface area contributed by atoms with E-state index in [-0.39, 0.29) is 11.2 Å². The summed E-state index contributed by atoms with van der Waals surface area (Å²) in [5.41, 5.74) is 0.398. The SMILES string of the molecule is CNCC1(CN2CC(C)(C)OC(C)(C)C2)CCCCCC1. The van der Waals surface area contributed by atoms with Crippen molar-refractivity contribution in [1.82, 2.24) is 10.2 Å². The molecule has 0 radical (unpaired) electrons. The molecular weight excluding hydrogens is 260 g/mol. The van der Waals surface area contributed by atoms with Gasteiger partial charge in [-0.25, -0.2) is 0 Å². The zero-order valence-corrected chi connectivity index (χ0v) is 14.9. The highest BCUT2D eigenvalue weighted by atomic mass is 16.5. The largest absolute Gasteiger partial charge is 0.367 e. The molecular formula is C18H36N2O. The van der Waals surface area contributed by atoms with Gasteiger partial charge in [0.25, 0.3) is 0 Å². The van der Waals surface area contributed by atoms with Crippen molar-refractivity contribution in [2.45, 2.75) is 77.4 Å². The van der Waals surface area contributed by atoms with Crippen molar-refractivity contribution < 1.29 is 4.74 Å². The van der Waals surface area contributed by atoms with E-state index in [2.05, 4.69) is 45.0 Å². The molecule has 2 rings (SSSR count). The Morgan fingerprint density at radius 2 is 1.43 bits per heavy atom. The normalized spacial score (nSPS) is 29.0. The maximum atomic E-state index is 6.24. The molecule has 3 heteroatoms. The van der Waals surface area contributed by atoms with E-state index in [9.17, 15) is 0 Å². The maximum Gasteiger partial charge on any atom is 0.0760 e. The molecule has 1 saturated carbocycles. The van der Waals surface area contributed by atoms with E-state index < -0.39 is 0 Å². The summed E-state index contributed by atoms with van der Waals surface area (Å²) < 4.78 is 6.24. The van der Waals surface area contributed by atoms with Crippen LogP contribution >= 0.6 is 0 Å². The zero-order valence-electron chi connectivity index (χ0n) is 14.9. The van der Waals surface area contributed by atoms with E-state index in [1.165, 1.54) is 45.1 Å². The first-order valence-corrected chi connectivity index (χ1v) is 8.83. The van der Waals surface area contributed by atoms with Gasteiger partial charge in [0.15, 0.2) is 0 Å². The Hall–Kier alpha value is -0.120. The van der Waals surface area contributed by atoms with E-state index in [0.717, 1.165) is 19.6 Å². The van der Waals surface area contributed by atoms with E-state index in [4.69, 9.17) is 4.74 Å². The van der Waals surface area contributed by atoms with Crippen molar-refractivity contribution in [3.05, 3.63) is 0 Å². The lowest BCUT2D eigenvalue weighted by atomic mass is 9.79. The number of nitrogens with zero attached hydrogens (tertiary/aromatic N) is 1. The van der Waals surface area contributed by atoms with Crippen molar-refractivity contribution in [2.24, 2.45) is 5.41 Å². The fraction of sp³-hybridized carbons (Fsp3) is 1.00. The molecule has 2 aliphatic rings. The second kappa shape index (κ2) is 6.55. The lowest BCUT2D eigenvalue weighted by Gasteiger charge is -2.50. The topological polar surface area (TPSA) is 24.5 Å². The second-order valence-electron chi connectivity index (χ2n) is 8.71. The molecule has 0 amide bonds. The monoisotopic (exact) mass is 296 g/mol. The molecule has 0 spiro atoms. The van der Waals surface area contributed by atoms with Crippen LogP contribution in [0.5, 0.6) is 0 Å². The smallest absolute Gasteiger partial charge is 0.0760 e. The highest BCUT2D eigenvalue weighted by Gasteiger charge is 2.41. The summed E-state index contributed by atoms with van der Waals surface area (Å²) in [7, 11) is 2.11. The first-order valence-electron chi connectivity index (χ1n) is 8.83. The molecule has 0 atom stereocenters. The van der Waals surface area contributed by atoms with Crippen LogP contribution in [0.1, 0.15) is 66.2 Å². The van der Waals surface area contributed by atoms with Crippen LogP contribution in [0.3, 0.4) is 0 Å². The van der Waals surface area contributed by atoms with Crippen molar-refractivity contribution in [3.63, 3.8) is 0 Å². The fourth-order valence-electron chi connectivity index (χ4n) is 4.78. The van der Waals surface area contributed by atoms with E-state index >= 15 is 0 Å². The van der Waals surface area contributed by atoms with Crippen molar-refractivity contribution in [2.75, 3.05) is 33.2 Å². The molecule has 124 valence electrons. The van der Waals surface area contributed by atoms with E-state index in [0.29, 0.717) is 5.41 Å². The summed E-state index contributed by atoms with van der Waals surface area (Å²) in [6.07, 6.45) is 8.41. The van der Waals surface area contributed by atoms with Crippen molar-refractivity contribution in [3.8, 4) is 0 Å². The summed E-state index contributed by atoms with van der Waals surface area (Å²) in [5, 5.41) is 3.48. The third-order valence-corrected chi connectivity index (χ3v) is 5.04. The van der Waals surface area contributed by atoms with Crippen molar-refractivity contribution >= 4 is 0 Å². The number of rotatable bonds is 4. The lowest BCUT2D eigenvalue weighted by molar-refractivity contribution is -0.185. The minimum atomic E-state index is -0.0344. The van der Waals surface area contributed by atoms with Crippen LogP contribution in [0.25, 0.3) is 0 Å². The Morgan fingerprint density at radius 1 is 0.905 bits per heavy atom. The van der Waals surface area contributed by atoms with E-state index in [1.807, 2.05) is 0 Å². The number of nitrogens with one attached hydrogen (secondary N) is 1. The van der Waals surface area contributed by atoms with Crippen LogP contribution in [-0.4, -0.2) is 49.3 Å². The third kappa shape index (κ3) is 4.94. The van der Waals surface area contributed by atoms with Crippen LogP contribution in [0.15, 0.2) is 0 Å². The molecule has 1 heterocycles. The summed E-state index contributed by atoms with van der Waals surface area (Å²) in [6, 6.07) is 0. The quantitative estimate of drug-likeness (QED) is 0.804. The number of morpholine rings is 1. The van der Waals surface area contributed by atoms with Gasteiger partial charge in [-0.2, -0.15) is 0 Å². The zero-order chi connectivity index (χ0) is 15.6. The number of hydrogen-bond donors (Lipinski definition) is 1. The molecule has 0 aromatic rings. The number of ether oxygens (including phenoxy) is 1. The molecule has 2 fully saturated rings. The average Bonchev–Trinajstić information content (AvgIpc) is 2.51. The Bertz CT molecular complexity index is 314. The summed E-state index contributed by atoms with van der Waals surface area (Å²) in [5.74, 6) is 0. The van der Waals surface area contributed by atoms with Gasteiger partial charge in [-0.05, 0) is 53.0 Å². The molecule has 0 aromatic carbocycles. The predicted molar refractivity (Wildman–Crippen MR) is 89.7 cm³/mol. The Morgan fingerprint density at radius 3 is 1.90 bits per heavy atom. The molecule has 1 aliphatic heterocycles. The van der Waals surface area contributed by atoms with Gasteiger partial charge >= 0.3 is 0 Å². The molecule has 1 saturated heterocycles. The van der Waals surface area contributed by atoms with Crippen LogP contribution in [0, 0.1) is 5.41 Å². The predicted octanol–water partition coefficient (Wildman–Crippen LogP) is 3.44. The first kappa shape index (κ1) is 17.2. The molecule has 0 unspecified atom stereocenters. The highest BCUT2D eigenvalue weighted by Crippen LogP contribution is 2.37. The van der Waals surface area contributed by atoms with E-state index in [1.54, 1.807) is 0 Å². The van der Waals surface area contributed by atoms with Crippen LogP contribution in [0.2, 0.25) is 0 Å². The maximum absolute atomic E-state index is 6.24. The summed E-state index contributed by atoms with van der Waals surface area (Å²) in [6.45, 7) is 13.4. The van der Waals surface area contributed by atoms with Gasteiger partial charge < -0.3 is 10.1 Å². The summed E-state index contributed by atoms with van der Waals surface area (Å²) >= 11 is 0. The molecule has 21 heavy (non-hydrogen) atoms. The summed E-state index contributed by atoms with van der Waals surface area (Å²) in [4.78, 5) is 2.67. The van der Waals surface area contributed by atoms with Crippen LogP contribution in [0.4, 0.5) is 0 Å². The van der Waals surface area contributed by atoms with Gasteiger partial charge in [-0.15, -0.1) is 0 Å². The lowest BCUT2D eigenvalue weighted by Crippen LogP contribution is -2.59. The molecule has 0 bridgehead atoms. The highest BCUT2D eigenvalue weighted by molar-refractivity contribution is 4.94.